The standard InChI is InChI=1S/C27H53NO4/c1-6-7-8-9-10-11-13-16-19-24(2)20-17-14-12-15-18-21-27(31)32-25(22-26(29)30)23-28(3,4)5/h24-25H,6-23H2,1-5H3/p+1. The van der Waals surface area contributed by atoms with E-state index in [1.807, 2.05) is 21.1 Å². The first-order valence-corrected chi connectivity index (χ1v) is 13.4. The second-order valence-corrected chi connectivity index (χ2v) is 10.9. The number of carbonyl (C=O) groups is 2. The van der Waals surface area contributed by atoms with Gasteiger partial charge in [0.2, 0.25) is 0 Å². The number of rotatable bonds is 22. The highest BCUT2D eigenvalue weighted by molar-refractivity contribution is 5.71. The minimum absolute atomic E-state index is 0.127. The maximum absolute atomic E-state index is 12.1. The van der Waals surface area contributed by atoms with Gasteiger partial charge >= 0.3 is 11.9 Å². The fourth-order valence-corrected chi connectivity index (χ4v) is 4.26. The number of carboxylic acids is 1. The molecular formula is C27H54NO4+. The minimum Gasteiger partial charge on any atom is -0.481 e. The van der Waals surface area contributed by atoms with Crippen LogP contribution in [0.25, 0.3) is 0 Å². The second-order valence-electron chi connectivity index (χ2n) is 10.9. The first kappa shape index (κ1) is 30.9. The largest absolute Gasteiger partial charge is 0.481 e. The number of quaternary nitrogens is 1. The van der Waals surface area contributed by atoms with E-state index in [1.54, 1.807) is 0 Å². The molecule has 190 valence electrons. The van der Waals surface area contributed by atoms with Crippen molar-refractivity contribution in [3.05, 3.63) is 0 Å². The molecule has 32 heavy (non-hydrogen) atoms. The Hall–Kier alpha value is -1.10. The lowest BCUT2D eigenvalue weighted by molar-refractivity contribution is -0.873. The second kappa shape index (κ2) is 19.4. The van der Waals surface area contributed by atoms with E-state index in [-0.39, 0.29) is 12.4 Å². The van der Waals surface area contributed by atoms with E-state index in [9.17, 15) is 9.59 Å². The summed E-state index contributed by atoms with van der Waals surface area (Å²) in [6, 6.07) is 0. The van der Waals surface area contributed by atoms with Crippen molar-refractivity contribution in [3.8, 4) is 0 Å². The van der Waals surface area contributed by atoms with E-state index >= 15 is 0 Å². The lowest BCUT2D eigenvalue weighted by Gasteiger charge is -2.28. The average Bonchev–Trinajstić information content (AvgIpc) is 2.67. The predicted molar refractivity (Wildman–Crippen MR) is 134 cm³/mol. The number of likely N-dealkylation sites (N-methyl/N-ethyl adjacent to an activating group) is 1. The van der Waals surface area contributed by atoms with Crippen LogP contribution in [0.4, 0.5) is 0 Å². The van der Waals surface area contributed by atoms with Crippen molar-refractivity contribution < 1.29 is 23.9 Å². The van der Waals surface area contributed by atoms with Gasteiger partial charge in [0.25, 0.3) is 0 Å². The molecule has 0 aliphatic rings. The topological polar surface area (TPSA) is 63.6 Å². The molecule has 2 atom stereocenters. The van der Waals surface area contributed by atoms with Crippen molar-refractivity contribution >= 4 is 11.9 Å². The van der Waals surface area contributed by atoms with Crippen molar-refractivity contribution in [1.82, 2.24) is 0 Å². The lowest BCUT2D eigenvalue weighted by atomic mass is 9.96. The molecule has 5 nitrogen and oxygen atoms in total. The molecule has 5 heteroatoms. The number of esters is 1. The normalized spacial score (nSPS) is 13.7. The molecular weight excluding hydrogens is 402 g/mol. The van der Waals surface area contributed by atoms with Crippen LogP contribution in [0.1, 0.15) is 123 Å². The number of ether oxygens (including phenoxy) is 1. The molecule has 1 N–H and O–H groups in total. The van der Waals surface area contributed by atoms with Crippen molar-refractivity contribution in [1.29, 1.82) is 0 Å². The SMILES string of the molecule is CCCCCCCCCCC(C)CCCCCCCC(=O)OC(CC(=O)O)C[N+](C)(C)C. The third-order valence-corrected chi connectivity index (χ3v) is 6.08. The zero-order chi connectivity index (χ0) is 24.2. The molecule has 0 aliphatic heterocycles. The molecule has 0 aromatic carbocycles. The third kappa shape index (κ3) is 22.1. The average molecular weight is 457 g/mol. The monoisotopic (exact) mass is 456 g/mol. The van der Waals surface area contributed by atoms with Crippen LogP contribution in [-0.2, 0) is 14.3 Å². The molecule has 0 fully saturated rings. The van der Waals surface area contributed by atoms with E-state index in [2.05, 4.69) is 13.8 Å². The smallest absolute Gasteiger partial charge is 0.307 e. The number of unbranched alkanes of at least 4 members (excludes halogenated alkanes) is 11. The van der Waals surface area contributed by atoms with Gasteiger partial charge in [0.05, 0.1) is 27.6 Å². The number of carbonyl (C=O) groups excluding carboxylic acids is 1. The van der Waals surface area contributed by atoms with Crippen LogP contribution >= 0.6 is 0 Å². The summed E-state index contributed by atoms with van der Waals surface area (Å²) in [6.45, 7) is 5.17. The van der Waals surface area contributed by atoms with Crippen molar-refractivity contribution in [2.45, 2.75) is 129 Å². The van der Waals surface area contributed by atoms with Crippen LogP contribution in [0.2, 0.25) is 0 Å². The molecule has 0 bridgehead atoms. The number of hydrogen-bond donors (Lipinski definition) is 1. The summed E-state index contributed by atoms with van der Waals surface area (Å²) < 4.78 is 6.01. The van der Waals surface area contributed by atoms with Crippen LogP contribution < -0.4 is 0 Å². The molecule has 0 amide bonds. The highest BCUT2D eigenvalue weighted by Crippen LogP contribution is 2.19. The molecule has 0 saturated heterocycles. The Kier molecular flexibility index (Phi) is 18.7. The molecule has 0 rings (SSSR count). The molecule has 0 saturated carbocycles. The molecule has 0 heterocycles. The summed E-state index contributed by atoms with van der Waals surface area (Å²) >= 11 is 0. The van der Waals surface area contributed by atoms with Crippen molar-refractivity contribution in [3.63, 3.8) is 0 Å². The van der Waals surface area contributed by atoms with Crippen LogP contribution in [0.3, 0.4) is 0 Å². The van der Waals surface area contributed by atoms with E-state index in [1.165, 1.54) is 77.0 Å². The summed E-state index contributed by atoms with van der Waals surface area (Å²) in [4.78, 5) is 23.1. The van der Waals surface area contributed by atoms with Crippen molar-refractivity contribution in [2.75, 3.05) is 27.7 Å². The summed E-state index contributed by atoms with van der Waals surface area (Å²) in [5.74, 6) is -0.353. The predicted octanol–water partition coefficient (Wildman–Crippen LogP) is 6.98. The maximum Gasteiger partial charge on any atom is 0.307 e. The van der Waals surface area contributed by atoms with Gasteiger partial charge in [-0.25, -0.2) is 0 Å². The Morgan fingerprint density at radius 2 is 1.25 bits per heavy atom. The number of aliphatic carboxylic acids is 1. The molecule has 0 aromatic rings. The highest BCUT2D eigenvalue weighted by atomic mass is 16.5. The zero-order valence-electron chi connectivity index (χ0n) is 22.0. The fraction of sp³-hybridized carbons (Fsp3) is 0.926. The van der Waals surface area contributed by atoms with Gasteiger partial charge in [0.15, 0.2) is 6.10 Å². The Bertz CT molecular complexity index is 473. The summed E-state index contributed by atoms with van der Waals surface area (Å²) in [5.41, 5.74) is 0. The van der Waals surface area contributed by atoms with Gasteiger partial charge < -0.3 is 14.3 Å². The van der Waals surface area contributed by atoms with Gasteiger partial charge in [-0.15, -0.1) is 0 Å². The van der Waals surface area contributed by atoms with Gasteiger partial charge in [-0.05, 0) is 12.3 Å². The first-order valence-electron chi connectivity index (χ1n) is 13.4. The van der Waals surface area contributed by atoms with Gasteiger partial charge in [0.1, 0.15) is 6.54 Å². The number of nitrogens with zero attached hydrogens (tertiary/aromatic N) is 1. The quantitative estimate of drug-likeness (QED) is 0.108. The van der Waals surface area contributed by atoms with Gasteiger partial charge in [0, 0.05) is 6.42 Å². The lowest BCUT2D eigenvalue weighted by Crippen LogP contribution is -2.43. The van der Waals surface area contributed by atoms with Crippen LogP contribution in [-0.4, -0.2) is 55.3 Å². The minimum atomic E-state index is -0.923. The fourth-order valence-electron chi connectivity index (χ4n) is 4.26. The van der Waals surface area contributed by atoms with Crippen LogP contribution in [0.5, 0.6) is 0 Å². The van der Waals surface area contributed by atoms with Crippen LogP contribution in [0.15, 0.2) is 0 Å². The molecule has 0 aromatic heterocycles. The van der Waals surface area contributed by atoms with Gasteiger partial charge in [-0.2, -0.15) is 0 Å². The van der Waals surface area contributed by atoms with E-state index in [4.69, 9.17) is 9.84 Å². The van der Waals surface area contributed by atoms with E-state index in [0.29, 0.717) is 17.4 Å². The van der Waals surface area contributed by atoms with Gasteiger partial charge in [-0.1, -0.05) is 104 Å². The van der Waals surface area contributed by atoms with E-state index < -0.39 is 12.1 Å². The summed E-state index contributed by atoms with van der Waals surface area (Å²) in [5, 5.41) is 9.04. The first-order chi connectivity index (χ1) is 15.1. The molecule has 0 aliphatic carbocycles. The number of carboxylic acid groups (broad SMARTS) is 1. The third-order valence-electron chi connectivity index (χ3n) is 6.08. The van der Waals surface area contributed by atoms with Crippen LogP contribution in [0, 0.1) is 5.92 Å². The Morgan fingerprint density at radius 3 is 1.72 bits per heavy atom. The Labute approximate surface area is 198 Å². The Morgan fingerprint density at radius 1 is 0.781 bits per heavy atom. The molecule has 2 unspecified atom stereocenters. The summed E-state index contributed by atoms with van der Waals surface area (Å²) in [6.07, 6.45) is 19.1. The highest BCUT2D eigenvalue weighted by Gasteiger charge is 2.24. The van der Waals surface area contributed by atoms with E-state index in [0.717, 1.165) is 25.2 Å². The molecule has 0 radical (unpaired) electrons. The van der Waals surface area contributed by atoms with Crippen molar-refractivity contribution in [2.24, 2.45) is 5.92 Å². The Balaban J connectivity index is 3.66. The van der Waals surface area contributed by atoms with Gasteiger partial charge in [-0.3, -0.25) is 9.59 Å². The number of hydrogen-bond acceptors (Lipinski definition) is 3. The maximum atomic E-state index is 12.1. The summed E-state index contributed by atoms with van der Waals surface area (Å²) in [7, 11) is 5.91. The zero-order valence-corrected chi connectivity index (χ0v) is 22.0. The molecule has 0 spiro atoms.